The molecule has 3 unspecified atom stereocenters. The van der Waals surface area contributed by atoms with Crippen LogP contribution in [-0.2, 0) is 0 Å². The predicted octanol–water partition coefficient (Wildman–Crippen LogP) is 3.30. The number of benzene rings is 1. The van der Waals surface area contributed by atoms with E-state index in [4.69, 9.17) is 17.3 Å². The molecular formula is C15H18BrClN2O. The molecule has 0 aromatic heterocycles. The Balaban J connectivity index is 1.80. The molecule has 1 saturated carbocycles. The fourth-order valence-corrected chi connectivity index (χ4v) is 4.10. The van der Waals surface area contributed by atoms with Gasteiger partial charge in [-0.15, -0.1) is 0 Å². The molecule has 5 heteroatoms. The molecule has 0 bridgehead atoms. The van der Waals surface area contributed by atoms with Gasteiger partial charge in [0.1, 0.15) is 0 Å². The van der Waals surface area contributed by atoms with Crippen molar-refractivity contribution in [2.75, 3.05) is 13.1 Å². The lowest BCUT2D eigenvalue weighted by molar-refractivity contribution is 0.0782. The van der Waals surface area contributed by atoms with Crippen molar-refractivity contribution in [2.24, 2.45) is 17.6 Å². The quantitative estimate of drug-likeness (QED) is 0.838. The average molecular weight is 358 g/mol. The Hall–Kier alpha value is -0.580. The Morgan fingerprint density at radius 1 is 1.35 bits per heavy atom. The van der Waals surface area contributed by atoms with Gasteiger partial charge in [-0.3, -0.25) is 4.79 Å². The number of carbonyl (C=O) groups is 1. The maximum Gasteiger partial charge on any atom is 0.255 e. The number of nitrogens with zero attached hydrogens (tertiary/aromatic N) is 1. The van der Waals surface area contributed by atoms with Gasteiger partial charge in [-0.1, -0.05) is 18.0 Å². The maximum atomic E-state index is 12.7. The molecule has 2 N–H and O–H groups in total. The Labute approximate surface area is 132 Å². The molecular weight excluding hydrogens is 340 g/mol. The van der Waals surface area contributed by atoms with Crippen molar-refractivity contribution >= 4 is 33.4 Å². The summed E-state index contributed by atoms with van der Waals surface area (Å²) in [7, 11) is 0. The molecule has 2 aliphatic rings. The summed E-state index contributed by atoms with van der Waals surface area (Å²) in [5.74, 6) is 1.09. The van der Waals surface area contributed by atoms with E-state index in [0.29, 0.717) is 22.4 Å². The second-order valence-electron chi connectivity index (χ2n) is 5.85. The SMILES string of the molecule is NC1CCCC2CN(C(=O)c3cc(Cl)ccc3Br)CC12. The molecule has 3 nitrogen and oxygen atoms in total. The second kappa shape index (κ2) is 5.66. The summed E-state index contributed by atoms with van der Waals surface area (Å²) in [4.78, 5) is 14.6. The average Bonchev–Trinajstić information content (AvgIpc) is 2.86. The molecule has 3 atom stereocenters. The minimum absolute atomic E-state index is 0.0565. The van der Waals surface area contributed by atoms with Crippen molar-refractivity contribution < 1.29 is 4.79 Å². The number of nitrogens with two attached hydrogens (primary N) is 1. The largest absolute Gasteiger partial charge is 0.338 e. The minimum atomic E-state index is 0.0565. The molecule has 1 aliphatic heterocycles. The van der Waals surface area contributed by atoms with E-state index in [1.54, 1.807) is 12.1 Å². The molecule has 108 valence electrons. The number of amides is 1. The van der Waals surface area contributed by atoms with Gasteiger partial charge in [0.2, 0.25) is 0 Å². The van der Waals surface area contributed by atoms with E-state index in [2.05, 4.69) is 15.9 Å². The highest BCUT2D eigenvalue weighted by Crippen LogP contribution is 2.36. The number of rotatable bonds is 1. The lowest BCUT2D eigenvalue weighted by atomic mass is 9.78. The number of hydrogen-bond acceptors (Lipinski definition) is 2. The standard InChI is InChI=1S/C15H18BrClN2O/c16-13-5-4-10(17)6-11(13)15(20)19-7-9-2-1-3-14(18)12(9)8-19/h4-6,9,12,14H,1-3,7-8,18H2. The first-order valence-corrected chi connectivity index (χ1v) is 8.23. The number of fused-ring (bicyclic) bond motifs is 1. The van der Waals surface area contributed by atoms with Crippen molar-refractivity contribution in [3.05, 3.63) is 33.3 Å². The summed E-state index contributed by atoms with van der Waals surface area (Å²) in [6.45, 7) is 1.61. The Bertz CT molecular complexity index is 537. The third kappa shape index (κ3) is 2.61. The van der Waals surface area contributed by atoms with E-state index in [9.17, 15) is 4.79 Å². The Morgan fingerprint density at radius 2 is 2.15 bits per heavy atom. The van der Waals surface area contributed by atoms with Crippen molar-refractivity contribution in [2.45, 2.75) is 25.3 Å². The van der Waals surface area contributed by atoms with E-state index in [1.165, 1.54) is 12.8 Å². The summed E-state index contributed by atoms with van der Waals surface area (Å²) >= 11 is 9.44. The third-order valence-corrected chi connectivity index (χ3v) is 5.53. The zero-order valence-electron chi connectivity index (χ0n) is 11.2. The first kappa shape index (κ1) is 14.4. The zero-order chi connectivity index (χ0) is 14.3. The number of likely N-dealkylation sites (tertiary alicyclic amines) is 1. The number of carbonyl (C=O) groups excluding carboxylic acids is 1. The molecule has 1 aromatic carbocycles. The third-order valence-electron chi connectivity index (χ3n) is 4.60. The Kier molecular flexibility index (Phi) is 4.07. The second-order valence-corrected chi connectivity index (χ2v) is 7.14. The predicted molar refractivity (Wildman–Crippen MR) is 83.9 cm³/mol. The maximum absolute atomic E-state index is 12.7. The first-order chi connectivity index (χ1) is 9.56. The van der Waals surface area contributed by atoms with Crippen molar-refractivity contribution in [3.63, 3.8) is 0 Å². The normalized spacial score (nSPS) is 29.4. The van der Waals surface area contributed by atoms with Crippen LogP contribution in [0, 0.1) is 11.8 Å². The van der Waals surface area contributed by atoms with E-state index in [0.717, 1.165) is 24.0 Å². The summed E-state index contributed by atoms with van der Waals surface area (Å²) in [6, 6.07) is 5.58. The van der Waals surface area contributed by atoms with Crippen molar-refractivity contribution in [3.8, 4) is 0 Å². The molecule has 1 heterocycles. The van der Waals surface area contributed by atoms with Crippen LogP contribution in [0.4, 0.5) is 0 Å². The monoisotopic (exact) mass is 356 g/mol. The van der Waals surface area contributed by atoms with Crippen LogP contribution in [0.1, 0.15) is 29.6 Å². The summed E-state index contributed by atoms with van der Waals surface area (Å²) in [6.07, 6.45) is 3.47. The highest BCUT2D eigenvalue weighted by molar-refractivity contribution is 9.10. The molecule has 0 spiro atoms. The molecule has 1 aromatic rings. The van der Waals surface area contributed by atoms with E-state index >= 15 is 0 Å². The van der Waals surface area contributed by atoms with Gasteiger partial charge in [-0.2, -0.15) is 0 Å². The first-order valence-electron chi connectivity index (χ1n) is 7.06. The zero-order valence-corrected chi connectivity index (χ0v) is 13.5. The number of hydrogen-bond donors (Lipinski definition) is 1. The molecule has 1 amide bonds. The van der Waals surface area contributed by atoms with E-state index in [1.807, 2.05) is 11.0 Å². The molecule has 1 aliphatic carbocycles. The van der Waals surface area contributed by atoms with Crippen molar-refractivity contribution in [1.29, 1.82) is 0 Å². The van der Waals surface area contributed by atoms with Crippen LogP contribution in [0.15, 0.2) is 22.7 Å². The van der Waals surface area contributed by atoms with Gasteiger partial charge in [0.05, 0.1) is 5.56 Å². The lowest BCUT2D eigenvalue weighted by Crippen LogP contribution is -2.38. The highest BCUT2D eigenvalue weighted by Gasteiger charge is 2.40. The molecule has 3 rings (SSSR count). The topological polar surface area (TPSA) is 46.3 Å². The Morgan fingerprint density at radius 3 is 2.90 bits per heavy atom. The van der Waals surface area contributed by atoms with Crippen LogP contribution in [0.2, 0.25) is 5.02 Å². The van der Waals surface area contributed by atoms with Crippen LogP contribution in [0.5, 0.6) is 0 Å². The van der Waals surface area contributed by atoms with E-state index < -0.39 is 0 Å². The van der Waals surface area contributed by atoms with Crippen LogP contribution in [0.3, 0.4) is 0 Å². The number of halogens is 2. The van der Waals surface area contributed by atoms with Crippen LogP contribution < -0.4 is 5.73 Å². The molecule has 20 heavy (non-hydrogen) atoms. The highest BCUT2D eigenvalue weighted by atomic mass is 79.9. The van der Waals surface area contributed by atoms with Crippen LogP contribution >= 0.6 is 27.5 Å². The summed E-state index contributed by atoms with van der Waals surface area (Å²) in [5, 5.41) is 0.588. The van der Waals surface area contributed by atoms with Gasteiger partial charge in [0, 0.05) is 28.6 Å². The van der Waals surface area contributed by atoms with E-state index in [-0.39, 0.29) is 11.9 Å². The van der Waals surface area contributed by atoms with Gasteiger partial charge in [-0.25, -0.2) is 0 Å². The molecule has 0 radical (unpaired) electrons. The lowest BCUT2D eigenvalue weighted by Gasteiger charge is -2.29. The van der Waals surface area contributed by atoms with Crippen LogP contribution in [-0.4, -0.2) is 29.9 Å². The van der Waals surface area contributed by atoms with Gasteiger partial charge < -0.3 is 10.6 Å². The molecule has 2 fully saturated rings. The smallest absolute Gasteiger partial charge is 0.255 e. The van der Waals surface area contributed by atoms with Gasteiger partial charge in [-0.05, 0) is 58.8 Å². The van der Waals surface area contributed by atoms with Crippen LogP contribution in [0.25, 0.3) is 0 Å². The van der Waals surface area contributed by atoms with Gasteiger partial charge >= 0.3 is 0 Å². The fourth-order valence-electron chi connectivity index (χ4n) is 3.51. The van der Waals surface area contributed by atoms with Gasteiger partial charge in [0.25, 0.3) is 5.91 Å². The summed E-state index contributed by atoms with van der Waals surface area (Å²) < 4.78 is 0.797. The molecule has 1 saturated heterocycles. The minimum Gasteiger partial charge on any atom is -0.338 e. The van der Waals surface area contributed by atoms with Gasteiger partial charge in [0.15, 0.2) is 0 Å². The summed E-state index contributed by atoms with van der Waals surface area (Å²) in [5.41, 5.74) is 6.85. The fraction of sp³-hybridized carbons (Fsp3) is 0.533. The van der Waals surface area contributed by atoms with Crippen molar-refractivity contribution in [1.82, 2.24) is 4.90 Å².